The van der Waals surface area contributed by atoms with Crippen LogP contribution in [0.3, 0.4) is 0 Å². The zero-order valence-electron chi connectivity index (χ0n) is 16.5. The van der Waals surface area contributed by atoms with Gasteiger partial charge in [0, 0.05) is 30.0 Å². The summed E-state index contributed by atoms with van der Waals surface area (Å²) in [5.41, 5.74) is 4.34. The number of rotatable bonds is 6. The van der Waals surface area contributed by atoms with Gasteiger partial charge in [-0.15, -0.1) is 0 Å². The molecule has 3 rings (SSSR count). The molecule has 1 fully saturated rings. The molecule has 2 aromatic rings. The highest BCUT2D eigenvalue weighted by molar-refractivity contribution is 7.91. The second-order valence-corrected chi connectivity index (χ2v) is 9.35. The SMILES string of the molecule is CCc1cccc(C)c1Nc1cc(C)nc(N(CC)C2CCS(=O)(=O)C2)n1. The van der Waals surface area contributed by atoms with Gasteiger partial charge in [-0.25, -0.2) is 13.4 Å². The Kier molecular flexibility index (Phi) is 5.69. The van der Waals surface area contributed by atoms with Crippen LogP contribution in [0.4, 0.5) is 17.5 Å². The van der Waals surface area contributed by atoms with Crippen molar-refractivity contribution in [1.82, 2.24) is 9.97 Å². The van der Waals surface area contributed by atoms with Crippen molar-refractivity contribution >= 4 is 27.3 Å². The van der Waals surface area contributed by atoms with E-state index in [-0.39, 0.29) is 17.5 Å². The molecule has 1 aromatic heterocycles. The molecular weight excluding hydrogens is 360 g/mol. The van der Waals surface area contributed by atoms with Crippen LogP contribution in [0.15, 0.2) is 24.3 Å². The maximum absolute atomic E-state index is 11.9. The van der Waals surface area contributed by atoms with Crippen molar-refractivity contribution in [3.05, 3.63) is 41.1 Å². The fourth-order valence-electron chi connectivity index (χ4n) is 3.66. The van der Waals surface area contributed by atoms with Crippen molar-refractivity contribution in [2.45, 2.75) is 46.6 Å². The topological polar surface area (TPSA) is 75.2 Å². The Balaban J connectivity index is 1.93. The van der Waals surface area contributed by atoms with E-state index in [4.69, 9.17) is 4.98 Å². The fourth-order valence-corrected chi connectivity index (χ4v) is 5.39. The van der Waals surface area contributed by atoms with Crippen molar-refractivity contribution in [1.29, 1.82) is 0 Å². The van der Waals surface area contributed by atoms with E-state index in [2.05, 4.69) is 42.3 Å². The monoisotopic (exact) mass is 388 g/mol. The van der Waals surface area contributed by atoms with Gasteiger partial charge in [-0.3, -0.25) is 0 Å². The van der Waals surface area contributed by atoms with Gasteiger partial charge in [0.15, 0.2) is 9.84 Å². The number of hydrogen-bond acceptors (Lipinski definition) is 6. The van der Waals surface area contributed by atoms with Crippen LogP contribution >= 0.6 is 0 Å². The molecular formula is C20H28N4O2S. The van der Waals surface area contributed by atoms with Crippen molar-refractivity contribution < 1.29 is 8.42 Å². The smallest absolute Gasteiger partial charge is 0.227 e. The lowest BCUT2D eigenvalue weighted by Crippen LogP contribution is -2.37. The third kappa shape index (κ3) is 4.40. The molecule has 1 N–H and O–H groups in total. The minimum absolute atomic E-state index is 0.0562. The van der Waals surface area contributed by atoms with Crippen LogP contribution in [0.25, 0.3) is 0 Å². The normalized spacial score (nSPS) is 18.4. The van der Waals surface area contributed by atoms with Crippen molar-refractivity contribution in [3.63, 3.8) is 0 Å². The van der Waals surface area contributed by atoms with E-state index in [0.29, 0.717) is 18.9 Å². The van der Waals surface area contributed by atoms with E-state index in [1.54, 1.807) is 0 Å². The molecule has 1 atom stereocenters. The first-order chi connectivity index (χ1) is 12.8. The first-order valence-corrected chi connectivity index (χ1v) is 11.3. The molecule has 7 heteroatoms. The minimum Gasteiger partial charge on any atom is -0.340 e. The van der Waals surface area contributed by atoms with Crippen LogP contribution in [0, 0.1) is 13.8 Å². The lowest BCUT2D eigenvalue weighted by molar-refractivity contribution is 0.599. The zero-order chi connectivity index (χ0) is 19.6. The quantitative estimate of drug-likeness (QED) is 0.817. The zero-order valence-corrected chi connectivity index (χ0v) is 17.3. The summed E-state index contributed by atoms with van der Waals surface area (Å²) in [7, 11) is -2.95. The van der Waals surface area contributed by atoms with Crippen LogP contribution in [-0.2, 0) is 16.3 Å². The lowest BCUT2D eigenvalue weighted by atomic mass is 10.1. The van der Waals surface area contributed by atoms with Gasteiger partial charge >= 0.3 is 0 Å². The Morgan fingerprint density at radius 1 is 1.22 bits per heavy atom. The van der Waals surface area contributed by atoms with Gasteiger partial charge in [0.25, 0.3) is 0 Å². The summed E-state index contributed by atoms with van der Waals surface area (Å²) in [5.74, 6) is 1.75. The molecule has 0 amide bonds. The predicted molar refractivity (Wildman–Crippen MR) is 111 cm³/mol. The molecule has 1 unspecified atom stereocenters. The lowest BCUT2D eigenvalue weighted by Gasteiger charge is -2.27. The molecule has 0 bridgehead atoms. The highest BCUT2D eigenvalue weighted by Gasteiger charge is 2.33. The van der Waals surface area contributed by atoms with Crippen LogP contribution in [0.2, 0.25) is 0 Å². The highest BCUT2D eigenvalue weighted by atomic mass is 32.2. The van der Waals surface area contributed by atoms with E-state index in [1.807, 2.05) is 24.8 Å². The first-order valence-electron chi connectivity index (χ1n) is 9.51. The molecule has 27 heavy (non-hydrogen) atoms. The summed E-state index contributed by atoms with van der Waals surface area (Å²) in [6.07, 6.45) is 1.57. The van der Waals surface area contributed by atoms with E-state index >= 15 is 0 Å². The number of sulfone groups is 1. The number of anilines is 3. The molecule has 1 aromatic carbocycles. The average Bonchev–Trinajstić information content (AvgIpc) is 2.96. The second-order valence-electron chi connectivity index (χ2n) is 7.13. The molecule has 0 spiro atoms. The van der Waals surface area contributed by atoms with Crippen LogP contribution < -0.4 is 10.2 Å². The number of nitrogens with zero attached hydrogens (tertiary/aromatic N) is 3. The molecule has 0 saturated carbocycles. The van der Waals surface area contributed by atoms with E-state index in [9.17, 15) is 8.42 Å². The van der Waals surface area contributed by atoms with Crippen molar-refractivity contribution in [3.8, 4) is 0 Å². The molecule has 1 aliphatic heterocycles. The van der Waals surface area contributed by atoms with E-state index < -0.39 is 9.84 Å². The van der Waals surface area contributed by atoms with Gasteiger partial charge in [0.1, 0.15) is 5.82 Å². The van der Waals surface area contributed by atoms with Gasteiger partial charge in [-0.2, -0.15) is 4.98 Å². The van der Waals surface area contributed by atoms with Gasteiger partial charge < -0.3 is 10.2 Å². The summed E-state index contributed by atoms with van der Waals surface area (Å²) < 4.78 is 23.8. The van der Waals surface area contributed by atoms with Crippen LogP contribution in [0.1, 0.15) is 37.1 Å². The van der Waals surface area contributed by atoms with Gasteiger partial charge in [-0.1, -0.05) is 25.1 Å². The average molecular weight is 389 g/mol. The fraction of sp³-hybridized carbons (Fsp3) is 0.500. The number of aromatic nitrogens is 2. The first kappa shape index (κ1) is 19.6. The van der Waals surface area contributed by atoms with Crippen LogP contribution in [-0.4, -0.2) is 42.5 Å². The number of aryl methyl sites for hydroxylation is 3. The standard InChI is InChI=1S/C20H28N4O2S/c1-5-16-9-7-8-14(3)19(16)22-18-12-15(4)21-20(23-18)24(6-2)17-10-11-27(25,26)13-17/h7-9,12,17H,5-6,10-11,13H2,1-4H3,(H,21,22,23). The molecule has 0 radical (unpaired) electrons. The maximum Gasteiger partial charge on any atom is 0.227 e. The number of hydrogen-bond donors (Lipinski definition) is 1. The number of para-hydroxylation sites is 1. The summed E-state index contributed by atoms with van der Waals surface area (Å²) in [6.45, 7) is 8.84. The Labute approximate surface area is 162 Å². The van der Waals surface area contributed by atoms with E-state index in [1.165, 1.54) is 11.1 Å². The summed E-state index contributed by atoms with van der Waals surface area (Å²) in [6, 6.07) is 8.13. The van der Waals surface area contributed by atoms with Gasteiger partial charge in [0.2, 0.25) is 5.95 Å². The van der Waals surface area contributed by atoms with Gasteiger partial charge in [-0.05, 0) is 44.7 Å². The third-order valence-corrected chi connectivity index (χ3v) is 6.83. The van der Waals surface area contributed by atoms with Crippen LogP contribution in [0.5, 0.6) is 0 Å². The molecule has 1 saturated heterocycles. The number of nitrogens with one attached hydrogen (secondary N) is 1. The molecule has 2 heterocycles. The summed E-state index contributed by atoms with van der Waals surface area (Å²) >= 11 is 0. The molecule has 6 nitrogen and oxygen atoms in total. The van der Waals surface area contributed by atoms with E-state index in [0.717, 1.165) is 23.6 Å². The Bertz CT molecular complexity index is 928. The predicted octanol–water partition coefficient (Wildman–Crippen LogP) is 3.41. The highest BCUT2D eigenvalue weighted by Crippen LogP contribution is 2.27. The third-order valence-electron chi connectivity index (χ3n) is 5.08. The number of benzene rings is 1. The second kappa shape index (κ2) is 7.84. The largest absolute Gasteiger partial charge is 0.340 e. The van der Waals surface area contributed by atoms with Crippen molar-refractivity contribution in [2.24, 2.45) is 0 Å². The molecule has 146 valence electrons. The Morgan fingerprint density at radius 3 is 2.63 bits per heavy atom. The Morgan fingerprint density at radius 2 is 2.00 bits per heavy atom. The Hall–Kier alpha value is -2.15. The van der Waals surface area contributed by atoms with Gasteiger partial charge in [0.05, 0.1) is 11.5 Å². The summed E-state index contributed by atoms with van der Waals surface area (Å²) in [5, 5.41) is 3.46. The van der Waals surface area contributed by atoms with Crippen molar-refractivity contribution in [2.75, 3.05) is 28.3 Å². The summed E-state index contributed by atoms with van der Waals surface area (Å²) in [4.78, 5) is 11.3. The minimum atomic E-state index is -2.95. The molecule has 1 aliphatic rings. The maximum atomic E-state index is 11.9. The molecule has 0 aliphatic carbocycles.